The van der Waals surface area contributed by atoms with Crippen LogP contribution >= 0.6 is 0 Å². The first kappa shape index (κ1) is 21.1. The molecule has 0 atom stereocenters. The quantitative estimate of drug-likeness (QED) is 0.596. The van der Waals surface area contributed by atoms with E-state index < -0.39 is 20.7 Å². The maximum atomic E-state index is 14.4. The monoisotopic (exact) mass is 457 g/mol. The molecule has 3 heterocycles. The smallest absolute Gasteiger partial charge is 0.253 e. The highest BCUT2D eigenvalue weighted by molar-refractivity contribution is 7.89. The fraction of sp³-hybridized carbons (Fsp3) is 0.391. The van der Waals surface area contributed by atoms with Gasteiger partial charge in [-0.05, 0) is 56.0 Å². The second-order valence-electron chi connectivity index (χ2n) is 8.34. The van der Waals surface area contributed by atoms with Gasteiger partial charge in [-0.1, -0.05) is 12.1 Å². The highest BCUT2D eigenvalue weighted by Gasteiger charge is 2.32. The number of benzene rings is 2. The lowest BCUT2D eigenvalue weighted by Crippen LogP contribution is -2.38. The van der Waals surface area contributed by atoms with Crippen molar-refractivity contribution in [2.75, 3.05) is 26.2 Å². The van der Waals surface area contributed by atoms with Gasteiger partial charge in [0, 0.05) is 37.7 Å². The van der Waals surface area contributed by atoms with Crippen molar-refractivity contribution in [3.63, 3.8) is 0 Å². The largest absolute Gasteiger partial charge is 0.440 e. The molecule has 0 radical (unpaired) electrons. The molecule has 2 fully saturated rings. The van der Waals surface area contributed by atoms with Gasteiger partial charge in [0.2, 0.25) is 10.0 Å². The lowest BCUT2D eigenvalue weighted by molar-refractivity contribution is 0.0706. The van der Waals surface area contributed by atoms with E-state index in [1.165, 1.54) is 16.4 Å². The molecule has 168 valence electrons. The fourth-order valence-corrected chi connectivity index (χ4v) is 6.09. The molecule has 3 aromatic rings. The van der Waals surface area contributed by atoms with Crippen LogP contribution in [0.1, 0.15) is 47.8 Å². The van der Waals surface area contributed by atoms with Gasteiger partial charge in [0.15, 0.2) is 11.5 Å². The number of aromatic nitrogens is 1. The van der Waals surface area contributed by atoms with E-state index in [1.54, 1.807) is 4.90 Å². The Hall–Kier alpha value is -2.78. The van der Waals surface area contributed by atoms with E-state index in [2.05, 4.69) is 4.98 Å². The molecule has 0 spiro atoms. The average molecular weight is 458 g/mol. The standard InChI is InChI=1S/C23H24FN3O4S/c24-18-8-7-17(15-21(18)32(29,30)27-11-3-4-12-27)23(28)26-13-9-16(10-14-26)22-25-19-5-1-2-6-20(19)31-22/h1-2,5-8,15-16H,3-4,9-14H2. The van der Waals surface area contributed by atoms with Gasteiger partial charge in [0.1, 0.15) is 16.2 Å². The molecule has 7 nitrogen and oxygen atoms in total. The van der Waals surface area contributed by atoms with Crippen molar-refractivity contribution in [1.29, 1.82) is 0 Å². The summed E-state index contributed by atoms with van der Waals surface area (Å²) < 4.78 is 47.2. The summed E-state index contributed by atoms with van der Waals surface area (Å²) in [7, 11) is -3.95. The van der Waals surface area contributed by atoms with E-state index in [9.17, 15) is 17.6 Å². The number of para-hydroxylation sites is 2. The van der Waals surface area contributed by atoms with Crippen molar-refractivity contribution < 1.29 is 22.0 Å². The van der Waals surface area contributed by atoms with Gasteiger partial charge in [-0.2, -0.15) is 4.31 Å². The summed E-state index contributed by atoms with van der Waals surface area (Å²) in [6, 6.07) is 11.2. The molecule has 0 N–H and O–H groups in total. The highest BCUT2D eigenvalue weighted by Crippen LogP contribution is 2.31. The molecule has 2 aliphatic rings. The molecular weight excluding hydrogens is 433 g/mol. The first-order valence-electron chi connectivity index (χ1n) is 10.9. The molecule has 2 aromatic carbocycles. The van der Waals surface area contributed by atoms with Gasteiger partial charge in [0.05, 0.1) is 0 Å². The van der Waals surface area contributed by atoms with E-state index in [4.69, 9.17) is 4.42 Å². The molecule has 1 aromatic heterocycles. The maximum Gasteiger partial charge on any atom is 0.253 e. The Bertz CT molecular complexity index is 1230. The van der Waals surface area contributed by atoms with E-state index in [0.29, 0.717) is 44.9 Å². The summed E-state index contributed by atoms with van der Waals surface area (Å²) in [5.74, 6) is -0.327. The van der Waals surface area contributed by atoms with Crippen molar-refractivity contribution in [1.82, 2.24) is 14.2 Å². The number of carbonyl (C=O) groups is 1. The Labute approximate surface area is 185 Å². The zero-order valence-corrected chi connectivity index (χ0v) is 18.4. The van der Waals surface area contributed by atoms with Crippen LogP contribution in [0.15, 0.2) is 51.8 Å². The topological polar surface area (TPSA) is 83.7 Å². The third-order valence-electron chi connectivity index (χ3n) is 6.30. The number of rotatable bonds is 4. The van der Waals surface area contributed by atoms with Gasteiger partial charge in [-0.15, -0.1) is 0 Å². The molecule has 9 heteroatoms. The maximum absolute atomic E-state index is 14.4. The molecular formula is C23H24FN3O4S. The summed E-state index contributed by atoms with van der Waals surface area (Å²) in [5.41, 5.74) is 1.75. The van der Waals surface area contributed by atoms with E-state index in [0.717, 1.165) is 30.0 Å². The van der Waals surface area contributed by atoms with Crippen LogP contribution in [0.2, 0.25) is 0 Å². The molecule has 0 saturated carbocycles. The van der Waals surface area contributed by atoms with Crippen molar-refractivity contribution >= 4 is 27.0 Å². The number of halogens is 1. The van der Waals surface area contributed by atoms with Gasteiger partial charge >= 0.3 is 0 Å². The van der Waals surface area contributed by atoms with Crippen LogP contribution in [0, 0.1) is 5.82 Å². The van der Waals surface area contributed by atoms with Crippen LogP contribution in [-0.2, 0) is 10.0 Å². The van der Waals surface area contributed by atoms with Gasteiger partial charge in [-0.25, -0.2) is 17.8 Å². The third-order valence-corrected chi connectivity index (χ3v) is 8.22. The van der Waals surface area contributed by atoms with Crippen LogP contribution in [0.5, 0.6) is 0 Å². The Balaban J connectivity index is 1.31. The molecule has 0 aliphatic carbocycles. The van der Waals surface area contributed by atoms with Crippen LogP contribution in [0.3, 0.4) is 0 Å². The Morgan fingerprint density at radius 3 is 2.47 bits per heavy atom. The van der Waals surface area contributed by atoms with Gasteiger partial charge < -0.3 is 9.32 Å². The molecule has 1 amide bonds. The van der Waals surface area contributed by atoms with E-state index in [1.807, 2.05) is 24.3 Å². The SMILES string of the molecule is O=C(c1ccc(F)c(S(=O)(=O)N2CCCC2)c1)N1CCC(c2nc3ccccc3o2)CC1. The third kappa shape index (κ3) is 3.80. The lowest BCUT2D eigenvalue weighted by atomic mass is 9.96. The van der Waals surface area contributed by atoms with Crippen molar-refractivity contribution in [2.24, 2.45) is 0 Å². The zero-order valence-electron chi connectivity index (χ0n) is 17.5. The van der Waals surface area contributed by atoms with Crippen LogP contribution in [0.4, 0.5) is 4.39 Å². The van der Waals surface area contributed by atoms with Crippen molar-refractivity contribution in [3.05, 3.63) is 59.7 Å². The summed E-state index contributed by atoms with van der Waals surface area (Å²) >= 11 is 0. The summed E-state index contributed by atoms with van der Waals surface area (Å²) in [4.78, 5) is 18.9. The van der Waals surface area contributed by atoms with Crippen molar-refractivity contribution in [2.45, 2.75) is 36.5 Å². The number of nitrogens with zero attached hydrogens (tertiary/aromatic N) is 3. The minimum absolute atomic E-state index is 0.116. The second kappa shape index (κ2) is 8.29. The number of sulfonamides is 1. The highest BCUT2D eigenvalue weighted by atomic mass is 32.2. The number of hydrogen-bond acceptors (Lipinski definition) is 5. The normalized spacial score (nSPS) is 18.5. The number of carbonyl (C=O) groups excluding carboxylic acids is 1. The number of oxazole rings is 1. The predicted molar refractivity (Wildman–Crippen MR) is 116 cm³/mol. The Morgan fingerprint density at radius 1 is 1.03 bits per heavy atom. The molecule has 5 rings (SSSR count). The Morgan fingerprint density at radius 2 is 1.75 bits per heavy atom. The number of hydrogen-bond donors (Lipinski definition) is 0. The summed E-state index contributed by atoms with van der Waals surface area (Å²) in [6.07, 6.45) is 2.90. The molecule has 2 aliphatic heterocycles. The minimum Gasteiger partial charge on any atom is -0.440 e. The summed E-state index contributed by atoms with van der Waals surface area (Å²) in [6.45, 7) is 1.74. The van der Waals surface area contributed by atoms with E-state index in [-0.39, 0.29) is 17.4 Å². The van der Waals surface area contributed by atoms with Crippen LogP contribution in [0.25, 0.3) is 11.1 Å². The van der Waals surface area contributed by atoms with Crippen molar-refractivity contribution in [3.8, 4) is 0 Å². The molecule has 0 unspecified atom stereocenters. The second-order valence-corrected chi connectivity index (χ2v) is 10.2. The van der Waals surface area contributed by atoms with Crippen LogP contribution in [-0.4, -0.2) is 54.7 Å². The lowest BCUT2D eigenvalue weighted by Gasteiger charge is -2.30. The number of amides is 1. The summed E-state index contributed by atoms with van der Waals surface area (Å²) in [5, 5.41) is 0. The fourth-order valence-electron chi connectivity index (χ4n) is 4.48. The first-order chi connectivity index (χ1) is 15.4. The molecule has 32 heavy (non-hydrogen) atoms. The predicted octanol–water partition coefficient (Wildman–Crippen LogP) is 3.77. The van der Waals surface area contributed by atoms with Gasteiger partial charge in [0.25, 0.3) is 5.91 Å². The van der Waals surface area contributed by atoms with E-state index >= 15 is 0 Å². The Kier molecular flexibility index (Phi) is 5.46. The minimum atomic E-state index is -3.95. The molecule has 0 bridgehead atoms. The van der Waals surface area contributed by atoms with Crippen LogP contribution < -0.4 is 0 Å². The number of likely N-dealkylation sites (tertiary alicyclic amines) is 1. The molecule has 2 saturated heterocycles. The average Bonchev–Trinajstić information content (AvgIpc) is 3.49. The van der Waals surface area contributed by atoms with Gasteiger partial charge in [-0.3, -0.25) is 4.79 Å². The number of fused-ring (bicyclic) bond motifs is 1. The number of piperidine rings is 1. The zero-order chi connectivity index (χ0) is 22.3. The first-order valence-corrected chi connectivity index (χ1v) is 12.3.